The lowest BCUT2D eigenvalue weighted by atomic mass is 10.2. The van der Waals surface area contributed by atoms with Gasteiger partial charge in [0.05, 0.1) is 7.11 Å². The smallest absolute Gasteiger partial charge is 0.226 e. The van der Waals surface area contributed by atoms with Gasteiger partial charge in [-0.3, -0.25) is 4.79 Å². The molecule has 8 nitrogen and oxygen atoms in total. The van der Waals surface area contributed by atoms with E-state index < -0.39 is 0 Å². The van der Waals surface area contributed by atoms with Gasteiger partial charge in [0.2, 0.25) is 17.6 Å². The molecule has 3 heterocycles. The van der Waals surface area contributed by atoms with E-state index in [1.54, 1.807) is 13.3 Å². The topological polar surface area (TPSA) is 84.6 Å². The molecule has 0 unspecified atom stereocenters. The van der Waals surface area contributed by atoms with Crippen molar-refractivity contribution in [2.75, 3.05) is 38.2 Å². The van der Waals surface area contributed by atoms with E-state index in [9.17, 15) is 4.79 Å². The van der Waals surface area contributed by atoms with E-state index in [0.29, 0.717) is 31.0 Å². The molecular weight excluding hydrogens is 382 g/mol. The molecule has 1 amide bonds. The molecule has 1 fully saturated rings. The van der Waals surface area contributed by atoms with Crippen LogP contribution in [0, 0.1) is 0 Å². The Morgan fingerprint density at radius 1 is 1.13 bits per heavy atom. The summed E-state index contributed by atoms with van der Waals surface area (Å²) < 4.78 is 10.6. The van der Waals surface area contributed by atoms with Crippen molar-refractivity contribution in [3.63, 3.8) is 0 Å². The fraction of sp³-hybridized carbons (Fsp3) is 0.364. The number of hydrogen-bond donors (Lipinski definition) is 0. The van der Waals surface area contributed by atoms with Crippen LogP contribution in [0.2, 0.25) is 0 Å². The molecule has 30 heavy (non-hydrogen) atoms. The number of aryl methyl sites for hydroxylation is 1. The number of rotatable bonds is 7. The first-order valence-electron chi connectivity index (χ1n) is 10.1. The predicted molar refractivity (Wildman–Crippen MR) is 112 cm³/mol. The number of carbonyl (C=O) groups excluding carboxylic acids is 1. The highest BCUT2D eigenvalue weighted by molar-refractivity contribution is 5.76. The minimum Gasteiger partial charge on any atom is -0.497 e. The Bertz CT molecular complexity index is 968. The van der Waals surface area contributed by atoms with Gasteiger partial charge < -0.3 is 19.1 Å². The van der Waals surface area contributed by atoms with Crippen molar-refractivity contribution in [2.45, 2.75) is 19.3 Å². The maximum absolute atomic E-state index is 12.5. The Labute approximate surface area is 175 Å². The summed E-state index contributed by atoms with van der Waals surface area (Å²) in [5.74, 6) is 2.95. The summed E-state index contributed by atoms with van der Waals surface area (Å²) in [7, 11) is 1.62. The Balaban J connectivity index is 1.23. The summed E-state index contributed by atoms with van der Waals surface area (Å²) >= 11 is 0. The lowest BCUT2D eigenvalue weighted by molar-refractivity contribution is -0.131. The number of aromatic nitrogens is 3. The number of ether oxygens (including phenoxy) is 1. The van der Waals surface area contributed by atoms with Crippen LogP contribution in [0.4, 0.5) is 5.82 Å². The van der Waals surface area contributed by atoms with Crippen molar-refractivity contribution in [3.8, 4) is 17.1 Å². The van der Waals surface area contributed by atoms with Crippen LogP contribution >= 0.6 is 0 Å². The number of carbonyl (C=O) groups is 1. The standard InChI is InChI=1S/C22H25N5O3/c1-29-18-7-4-6-17(16-18)22-24-20(30-25-22)9-5-10-21(28)27-14-12-26(13-15-27)19-8-2-3-11-23-19/h2-4,6-8,11,16H,5,9-10,12-15H2,1H3. The molecule has 0 N–H and O–H groups in total. The van der Waals surface area contributed by atoms with Crippen molar-refractivity contribution in [1.29, 1.82) is 0 Å². The highest BCUT2D eigenvalue weighted by Crippen LogP contribution is 2.21. The third-order valence-electron chi connectivity index (χ3n) is 5.18. The summed E-state index contributed by atoms with van der Waals surface area (Å²) in [6.07, 6.45) is 3.53. The number of methoxy groups -OCH3 is 1. The Morgan fingerprint density at radius 2 is 2.00 bits per heavy atom. The average molecular weight is 407 g/mol. The summed E-state index contributed by atoms with van der Waals surface area (Å²) in [5, 5.41) is 4.04. The molecule has 0 spiro atoms. The molecule has 0 saturated carbocycles. The molecular formula is C22H25N5O3. The summed E-state index contributed by atoms with van der Waals surface area (Å²) in [6.45, 7) is 3.04. The number of nitrogens with zero attached hydrogens (tertiary/aromatic N) is 5. The first-order chi connectivity index (χ1) is 14.7. The Hall–Kier alpha value is -3.42. The van der Waals surface area contributed by atoms with Gasteiger partial charge in [-0.25, -0.2) is 4.98 Å². The molecule has 156 valence electrons. The fourth-order valence-corrected chi connectivity index (χ4v) is 3.51. The van der Waals surface area contributed by atoms with Crippen molar-refractivity contribution >= 4 is 11.7 Å². The Kier molecular flexibility index (Phi) is 6.22. The minimum absolute atomic E-state index is 0.170. The zero-order chi connectivity index (χ0) is 20.8. The number of amides is 1. The summed E-state index contributed by atoms with van der Waals surface area (Å²) in [6, 6.07) is 13.4. The highest BCUT2D eigenvalue weighted by Gasteiger charge is 2.21. The van der Waals surface area contributed by atoms with Gasteiger partial charge in [-0.15, -0.1) is 0 Å². The fourth-order valence-electron chi connectivity index (χ4n) is 3.51. The van der Waals surface area contributed by atoms with E-state index in [1.807, 2.05) is 47.4 Å². The second-order valence-electron chi connectivity index (χ2n) is 7.15. The van der Waals surface area contributed by atoms with Crippen LogP contribution < -0.4 is 9.64 Å². The SMILES string of the molecule is COc1cccc(-c2noc(CCCC(=O)N3CCN(c4ccccn4)CC3)n2)c1. The molecule has 1 aromatic carbocycles. The monoisotopic (exact) mass is 407 g/mol. The van der Waals surface area contributed by atoms with Gasteiger partial charge in [-0.05, 0) is 30.7 Å². The molecule has 1 saturated heterocycles. The molecule has 2 aromatic heterocycles. The van der Waals surface area contributed by atoms with Gasteiger partial charge in [-0.2, -0.15) is 4.98 Å². The van der Waals surface area contributed by atoms with Crippen molar-refractivity contribution in [3.05, 3.63) is 54.6 Å². The molecule has 4 rings (SSSR count). The largest absolute Gasteiger partial charge is 0.497 e. The molecule has 3 aromatic rings. The zero-order valence-corrected chi connectivity index (χ0v) is 17.0. The summed E-state index contributed by atoms with van der Waals surface area (Å²) in [4.78, 5) is 25.5. The van der Waals surface area contributed by atoms with Gasteiger partial charge in [0.25, 0.3) is 0 Å². The van der Waals surface area contributed by atoms with E-state index in [1.165, 1.54) is 0 Å². The van der Waals surface area contributed by atoms with Crippen LogP contribution in [0.5, 0.6) is 5.75 Å². The van der Waals surface area contributed by atoms with Crippen molar-refractivity contribution in [1.82, 2.24) is 20.0 Å². The van der Waals surface area contributed by atoms with Gasteiger partial charge in [0, 0.05) is 50.8 Å². The number of anilines is 1. The molecule has 1 aliphatic heterocycles. The van der Waals surface area contributed by atoms with Crippen LogP contribution in [0.25, 0.3) is 11.4 Å². The predicted octanol–water partition coefficient (Wildman–Crippen LogP) is 2.81. The first-order valence-corrected chi connectivity index (χ1v) is 10.1. The second-order valence-corrected chi connectivity index (χ2v) is 7.15. The van der Waals surface area contributed by atoms with Gasteiger partial charge in [0.1, 0.15) is 11.6 Å². The first kappa shape index (κ1) is 19.9. The van der Waals surface area contributed by atoms with Crippen LogP contribution in [-0.2, 0) is 11.2 Å². The molecule has 0 aliphatic carbocycles. The average Bonchev–Trinajstić information content (AvgIpc) is 3.29. The highest BCUT2D eigenvalue weighted by atomic mass is 16.5. The van der Waals surface area contributed by atoms with Crippen LogP contribution in [-0.4, -0.2) is 59.2 Å². The van der Waals surface area contributed by atoms with Gasteiger partial charge in [0.15, 0.2) is 0 Å². The second kappa shape index (κ2) is 9.39. The third-order valence-corrected chi connectivity index (χ3v) is 5.18. The van der Waals surface area contributed by atoms with Crippen LogP contribution in [0.3, 0.4) is 0 Å². The van der Waals surface area contributed by atoms with Gasteiger partial charge in [-0.1, -0.05) is 23.4 Å². The van der Waals surface area contributed by atoms with Gasteiger partial charge >= 0.3 is 0 Å². The zero-order valence-electron chi connectivity index (χ0n) is 17.0. The van der Waals surface area contributed by atoms with E-state index in [4.69, 9.17) is 9.26 Å². The minimum atomic E-state index is 0.170. The number of benzene rings is 1. The molecule has 0 bridgehead atoms. The van der Waals surface area contributed by atoms with Crippen molar-refractivity contribution in [2.24, 2.45) is 0 Å². The Morgan fingerprint density at radius 3 is 2.77 bits per heavy atom. The number of piperazine rings is 1. The lowest BCUT2D eigenvalue weighted by Gasteiger charge is -2.35. The van der Waals surface area contributed by atoms with Crippen LogP contribution in [0.1, 0.15) is 18.7 Å². The van der Waals surface area contributed by atoms with Crippen LogP contribution in [0.15, 0.2) is 53.2 Å². The van der Waals surface area contributed by atoms with E-state index in [2.05, 4.69) is 20.0 Å². The number of pyridine rings is 1. The normalized spacial score (nSPS) is 14.0. The molecule has 8 heteroatoms. The van der Waals surface area contributed by atoms with E-state index in [-0.39, 0.29) is 5.91 Å². The third kappa shape index (κ3) is 4.76. The molecule has 0 atom stereocenters. The quantitative estimate of drug-likeness (QED) is 0.595. The molecule has 1 aliphatic rings. The maximum atomic E-state index is 12.5. The number of hydrogen-bond acceptors (Lipinski definition) is 7. The summed E-state index contributed by atoms with van der Waals surface area (Å²) in [5.41, 5.74) is 0.839. The van der Waals surface area contributed by atoms with Crippen molar-refractivity contribution < 1.29 is 14.1 Å². The molecule has 0 radical (unpaired) electrons. The lowest BCUT2D eigenvalue weighted by Crippen LogP contribution is -2.49. The van der Waals surface area contributed by atoms with E-state index >= 15 is 0 Å². The van der Waals surface area contributed by atoms with E-state index in [0.717, 1.165) is 43.3 Å². The maximum Gasteiger partial charge on any atom is 0.226 e.